The van der Waals surface area contributed by atoms with E-state index in [4.69, 9.17) is 0 Å². The highest BCUT2D eigenvalue weighted by molar-refractivity contribution is 4.82. The van der Waals surface area contributed by atoms with Crippen molar-refractivity contribution in [1.29, 1.82) is 0 Å². The summed E-state index contributed by atoms with van der Waals surface area (Å²) in [7, 11) is 0. The van der Waals surface area contributed by atoms with Crippen molar-refractivity contribution in [3.8, 4) is 0 Å². The van der Waals surface area contributed by atoms with Crippen molar-refractivity contribution in [3.63, 3.8) is 0 Å². The zero-order chi connectivity index (χ0) is 16.1. The first-order chi connectivity index (χ1) is 9.66. The first-order valence-electron chi connectivity index (χ1n) is 7.14. The Bertz CT molecular complexity index is 284. The summed E-state index contributed by atoms with van der Waals surface area (Å²) in [6, 6.07) is -0.470. The van der Waals surface area contributed by atoms with Gasteiger partial charge in [0.25, 0.3) is 0 Å². The summed E-state index contributed by atoms with van der Waals surface area (Å²) in [6.45, 7) is 1.66. The average molecular weight is 321 g/mol. The number of ether oxygens (including phenoxy) is 1. The van der Waals surface area contributed by atoms with Gasteiger partial charge in [0.2, 0.25) is 6.10 Å². The molecule has 0 amide bonds. The molecular weight excluding hydrogens is 300 g/mol. The number of halogens is 6. The first kappa shape index (κ1) is 18.5. The molecule has 1 N–H and O–H groups in total. The fourth-order valence-corrected chi connectivity index (χ4v) is 2.73. The van der Waals surface area contributed by atoms with E-state index in [1.54, 1.807) is 6.92 Å². The molecule has 0 aromatic carbocycles. The minimum Gasteiger partial charge on any atom is -0.359 e. The van der Waals surface area contributed by atoms with Gasteiger partial charge >= 0.3 is 12.4 Å². The molecule has 1 aliphatic carbocycles. The Morgan fingerprint density at radius 2 is 1.52 bits per heavy atom. The molecule has 1 rings (SSSR count). The number of hydrogen-bond acceptors (Lipinski definition) is 2. The lowest BCUT2D eigenvalue weighted by Gasteiger charge is -2.32. The van der Waals surface area contributed by atoms with Gasteiger partial charge in [-0.2, -0.15) is 26.3 Å². The van der Waals surface area contributed by atoms with Gasteiger partial charge in [-0.1, -0.05) is 26.2 Å². The summed E-state index contributed by atoms with van der Waals surface area (Å²) in [5.41, 5.74) is 0. The lowest BCUT2D eigenvalue weighted by Crippen LogP contribution is -2.48. The molecule has 1 aliphatic rings. The Morgan fingerprint density at radius 1 is 1.00 bits per heavy atom. The third-order valence-corrected chi connectivity index (χ3v) is 3.72. The maximum atomic E-state index is 12.4. The molecule has 1 saturated carbocycles. The fraction of sp³-hybridized carbons (Fsp3) is 1.00. The van der Waals surface area contributed by atoms with Gasteiger partial charge in [0.1, 0.15) is 0 Å². The molecule has 1 fully saturated rings. The predicted molar refractivity (Wildman–Crippen MR) is 65.9 cm³/mol. The lowest BCUT2D eigenvalue weighted by molar-refractivity contribution is -0.323. The van der Waals surface area contributed by atoms with Gasteiger partial charge in [-0.25, -0.2) is 0 Å². The third-order valence-electron chi connectivity index (χ3n) is 3.72. The van der Waals surface area contributed by atoms with Crippen molar-refractivity contribution < 1.29 is 31.1 Å². The maximum absolute atomic E-state index is 12.4. The minimum atomic E-state index is -5.44. The lowest BCUT2D eigenvalue weighted by atomic mass is 9.84. The SMILES string of the molecule is CCNC(COC(C(F)(F)F)C(F)(F)F)C1CCCCC1. The third kappa shape index (κ3) is 6.02. The molecule has 8 heteroatoms. The van der Waals surface area contributed by atoms with Crippen LogP contribution in [0.5, 0.6) is 0 Å². The van der Waals surface area contributed by atoms with Gasteiger partial charge in [-0.05, 0) is 25.3 Å². The van der Waals surface area contributed by atoms with Crippen LogP contribution in [0, 0.1) is 5.92 Å². The maximum Gasteiger partial charge on any atom is 0.423 e. The molecule has 0 aromatic rings. The number of rotatable bonds is 6. The van der Waals surface area contributed by atoms with E-state index in [2.05, 4.69) is 10.1 Å². The van der Waals surface area contributed by atoms with Gasteiger partial charge in [0, 0.05) is 6.04 Å². The summed E-state index contributed by atoms with van der Waals surface area (Å²) in [6.07, 6.45) is -10.0. The number of hydrogen-bond donors (Lipinski definition) is 1. The van der Waals surface area contributed by atoms with Crippen LogP contribution in [0.25, 0.3) is 0 Å². The van der Waals surface area contributed by atoms with E-state index in [-0.39, 0.29) is 5.92 Å². The smallest absolute Gasteiger partial charge is 0.359 e. The predicted octanol–water partition coefficient (Wildman–Crippen LogP) is 4.05. The highest BCUT2D eigenvalue weighted by Crippen LogP contribution is 2.36. The normalized spacial score (nSPS) is 20.0. The van der Waals surface area contributed by atoms with Crippen LogP contribution in [0.2, 0.25) is 0 Å². The van der Waals surface area contributed by atoms with Gasteiger partial charge in [-0.15, -0.1) is 0 Å². The molecule has 0 aliphatic heterocycles. The van der Waals surface area contributed by atoms with E-state index in [1.165, 1.54) is 0 Å². The molecule has 126 valence electrons. The van der Waals surface area contributed by atoms with Crippen molar-refractivity contribution in [2.24, 2.45) is 5.92 Å². The molecule has 1 unspecified atom stereocenters. The molecule has 1 atom stereocenters. The molecule has 0 spiro atoms. The summed E-state index contributed by atoms with van der Waals surface area (Å²) in [5.74, 6) is 0.0702. The van der Waals surface area contributed by atoms with Crippen LogP contribution in [-0.2, 0) is 4.74 Å². The van der Waals surface area contributed by atoms with E-state index in [0.717, 1.165) is 32.1 Å². The van der Waals surface area contributed by atoms with E-state index in [0.29, 0.717) is 6.54 Å². The van der Waals surface area contributed by atoms with Gasteiger partial charge < -0.3 is 10.1 Å². The topological polar surface area (TPSA) is 21.3 Å². The largest absolute Gasteiger partial charge is 0.423 e. The highest BCUT2D eigenvalue weighted by atomic mass is 19.4. The number of likely N-dealkylation sites (N-methyl/N-ethyl adjacent to an activating group) is 1. The highest BCUT2D eigenvalue weighted by Gasteiger charge is 2.58. The fourth-order valence-electron chi connectivity index (χ4n) is 2.73. The minimum absolute atomic E-state index is 0.0702. The Hall–Kier alpha value is -0.500. The molecular formula is C13H21F6NO. The second-order valence-corrected chi connectivity index (χ2v) is 5.36. The Kier molecular flexibility index (Phi) is 6.77. The zero-order valence-electron chi connectivity index (χ0n) is 11.9. The first-order valence-corrected chi connectivity index (χ1v) is 7.14. The second kappa shape index (κ2) is 7.67. The Balaban J connectivity index is 2.65. The molecule has 0 heterocycles. The molecule has 0 radical (unpaired) electrons. The van der Waals surface area contributed by atoms with Crippen LogP contribution in [0.4, 0.5) is 26.3 Å². The van der Waals surface area contributed by atoms with Crippen molar-refractivity contribution in [2.45, 2.75) is 63.5 Å². The number of alkyl halides is 6. The summed E-state index contributed by atoms with van der Waals surface area (Å²) in [4.78, 5) is 0. The second-order valence-electron chi connectivity index (χ2n) is 5.36. The van der Waals surface area contributed by atoms with Crippen molar-refractivity contribution in [3.05, 3.63) is 0 Å². The quantitative estimate of drug-likeness (QED) is 0.745. The van der Waals surface area contributed by atoms with Crippen LogP contribution in [0.1, 0.15) is 39.0 Å². The Morgan fingerprint density at radius 3 is 1.95 bits per heavy atom. The van der Waals surface area contributed by atoms with Crippen molar-refractivity contribution in [1.82, 2.24) is 5.32 Å². The molecule has 0 saturated heterocycles. The summed E-state index contributed by atoms with van der Waals surface area (Å²) in [5, 5.41) is 2.95. The van der Waals surface area contributed by atoms with Gasteiger partial charge in [0.05, 0.1) is 6.61 Å². The van der Waals surface area contributed by atoms with Crippen LogP contribution >= 0.6 is 0 Å². The monoisotopic (exact) mass is 321 g/mol. The van der Waals surface area contributed by atoms with Crippen LogP contribution in [-0.4, -0.2) is 37.7 Å². The standard InChI is InChI=1S/C13H21F6NO/c1-2-20-10(9-6-4-3-5-7-9)8-21-11(12(14,15)16)13(17,18)19/h9-11,20H,2-8H2,1H3. The molecule has 0 aromatic heterocycles. The van der Waals surface area contributed by atoms with Crippen LogP contribution in [0.15, 0.2) is 0 Å². The van der Waals surface area contributed by atoms with E-state index >= 15 is 0 Å². The summed E-state index contributed by atoms with van der Waals surface area (Å²) >= 11 is 0. The van der Waals surface area contributed by atoms with Crippen LogP contribution in [0.3, 0.4) is 0 Å². The number of nitrogens with one attached hydrogen (secondary N) is 1. The van der Waals surface area contributed by atoms with E-state index < -0.39 is 31.1 Å². The zero-order valence-corrected chi connectivity index (χ0v) is 11.9. The molecule has 21 heavy (non-hydrogen) atoms. The summed E-state index contributed by atoms with van der Waals surface area (Å²) < 4.78 is 78.8. The molecule has 0 bridgehead atoms. The van der Waals surface area contributed by atoms with E-state index in [9.17, 15) is 26.3 Å². The van der Waals surface area contributed by atoms with Gasteiger partial charge in [0.15, 0.2) is 0 Å². The van der Waals surface area contributed by atoms with Gasteiger partial charge in [-0.3, -0.25) is 0 Å². The molecule has 2 nitrogen and oxygen atoms in total. The van der Waals surface area contributed by atoms with Crippen molar-refractivity contribution >= 4 is 0 Å². The van der Waals surface area contributed by atoms with Crippen molar-refractivity contribution in [2.75, 3.05) is 13.2 Å². The Labute approximate surface area is 120 Å². The average Bonchev–Trinajstić information content (AvgIpc) is 2.35. The van der Waals surface area contributed by atoms with Crippen LogP contribution < -0.4 is 5.32 Å². The van der Waals surface area contributed by atoms with E-state index in [1.807, 2.05) is 0 Å².